The fourth-order valence-electron chi connectivity index (χ4n) is 2.43. The van der Waals surface area contributed by atoms with Gasteiger partial charge in [0.15, 0.2) is 0 Å². The van der Waals surface area contributed by atoms with Crippen molar-refractivity contribution in [3.05, 3.63) is 69.1 Å². The van der Waals surface area contributed by atoms with Gasteiger partial charge in [-0.05, 0) is 56.0 Å². The van der Waals surface area contributed by atoms with Gasteiger partial charge in [0.05, 0.1) is 27.9 Å². The molecule has 0 radical (unpaired) electrons. The van der Waals surface area contributed by atoms with Crippen LogP contribution in [0.15, 0.2) is 58.0 Å². The van der Waals surface area contributed by atoms with E-state index in [-0.39, 0.29) is 5.91 Å². The molecule has 0 aliphatic rings. The van der Waals surface area contributed by atoms with Crippen molar-refractivity contribution in [1.82, 2.24) is 24.9 Å². The predicted molar refractivity (Wildman–Crippen MR) is 102 cm³/mol. The van der Waals surface area contributed by atoms with E-state index in [2.05, 4.69) is 47.4 Å². The first-order chi connectivity index (χ1) is 12.1. The van der Waals surface area contributed by atoms with Crippen LogP contribution < -0.4 is 5.32 Å². The first-order valence-electron chi connectivity index (χ1n) is 7.83. The molecule has 1 aromatic carbocycles. The molecule has 0 saturated carbocycles. The quantitative estimate of drug-likeness (QED) is 0.542. The van der Waals surface area contributed by atoms with Crippen LogP contribution in [0.2, 0.25) is 0 Å². The van der Waals surface area contributed by atoms with Gasteiger partial charge in [-0.15, -0.1) is 0 Å². The van der Waals surface area contributed by atoms with Crippen LogP contribution in [0.3, 0.4) is 0 Å². The summed E-state index contributed by atoms with van der Waals surface area (Å²) in [7, 11) is 0. The summed E-state index contributed by atoms with van der Waals surface area (Å²) in [5.41, 5.74) is 1.69. The van der Waals surface area contributed by atoms with Crippen molar-refractivity contribution in [1.29, 1.82) is 0 Å². The molecular formula is C17H17Br2N5O. The van der Waals surface area contributed by atoms with Gasteiger partial charge in [0.2, 0.25) is 0 Å². The zero-order valence-corrected chi connectivity index (χ0v) is 16.6. The molecule has 25 heavy (non-hydrogen) atoms. The lowest BCUT2D eigenvalue weighted by Gasteiger charge is -2.07. The molecule has 6 nitrogen and oxygen atoms in total. The summed E-state index contributed by atoms with van der Waals surface area (Å²) < 4.78 is 5.56. The number of hydrogen-bond donors (Lipinski definition) is 1. The maximum absolute atomic E-state index is 12.3. The van der Waals surface area contributed by atoms with E-state index in [0.717, 1.165) is 27.5 Å². The average Bonchev–Trinajstić information content (AvgIpc) is 3.20. The van der Waals surface area contributed by atoms with Gasteiger partial charge in [-0.25, -0.2) is 0 Å². The lowest BCUT2D eigenvalue weighted by atomic mass is 10.1. The second-order valence-electron chi connectivity index (χ2n) is 5.59. The standard InChI is InChI=1S/C17H17Br2N5O/c18-15-8-21-23(11-15)6-2-5-20-17(25)14-4-1-3-13(7-14)10-24-12-16(19)9-22-24/h1,3-4,7-9,11-12H,2,5-6,10H2,(H,20,25). The number of halogens is 2. The number of nitrogens with zero attached hydrogens (tertiary/aromatic N) is 4. The lowest BCUT2D eigenvalue weighted by molar-refractivity contribution is 0.0952. The van der Waals surface area contributed by atoms with Gasteiger partial charge < -0.3 is 5.32 Å². The summed E-state index contributed by atoms with van der Waals surface area (Å²) in [6, 6.07) is 7.60. The van der Waals surface area contributed by atoms with Crippen LogP contribution in [-0.4, -0.2) is 32.0 Å². The van der Waals surface area contributed by atoms with E-state index in [1.54, 1.807) is 12.4 Å². The molecule has 0 aliphatic heterocycles. The Balaban J connectivity index is 1.50. The van der Waals surface area contributed by atoms with Gasteiger partial charge in [-0.3, -0.25) is 14.2 Å². The fourth-order valence-corrected chi connectivity index (χ4v) is 3.08. The molecule has 3 aromatic rings. The summed E-state index contributed by atoms with van der Waals surface area (Å²) in [4.78, 5) is 12.3. The highest BCUT2D eigenvalue weighted by molar-refractivity contribution is 9.10. The highest BCUT2D eigenvalue weighted by Crippen LogP contribution is 2.11. The summed E-state index contributed by atoms with van der Waals surface area (Å²) in [6.45, 7) is 1.99. The van der Waals surface area contributed by atoms with Crippen LogP contribution in [0.5, 0.6) is 0 Å². The Morgan fingerprint density at radius 3 is 2.48 bits per heavy atom. The number of benzene rings is 1. The number of nitrogens with one attached hydrogen (secondary N) is 1. The number of hydrogen-bond acceptors (Lipinski definition) is 3. The largest absolute Gasteiger partial charge is 0.352 e. The normalized spacial score (nSPS) is 10.8. The van der Waals surface area contributed by atoms with Gasteiger partial charge in [-0.2, -0.15) is 10.2 Å². The van der Waals surface area contributed by atoms with E-state index < -0.39 is 0 Å². The Hall–Kier alpha value is -1.93. The highest BCUT2D eigenvalue weighted by Gasteiger charge is 2.06. The summed E-state index contributed by atoms with van der Waals surface area (Å²) >= 11 is 6.75. The van der Waals surface area contributed by atoms with Crippen LogP contribution in [0.25, 0.3) is 0 Å². The van der Waals surface area contributed by atoms with Crippen molar-refractivity contribution in [2.45, 2.75) is 19.5 Å². The Bertz CT molecular complexity index is 858. The number of amides is 1. The van der Waals surface area contributed by atoms with Crippen molar-refractivity contribution in [2.75, 3.05) is 6.54 Å². The van der Waals surface area contributed by atoms with Crippen molar-refractivity contribution in [2.24, 2.45) is 0 Å². The summed E-state index contributed by atoms with van der Waals surface area (Å²) in [6.07, 6.45) is 8.14. The monoisotopic (exact) mass is 465 g/mol. The Labute approximate surface area is 162 Å². The van der Waals surface area contributed by atoms with Gasteiger partial charge >= 0.3 is 0 Å². The van der Waals surface area contributed by atoms with E-state index in [1.165, 1.54) is 0 Å². The smallest absolute Gasteiger partial charge is 0.251 e. The Morgan fingerprint density at radius 1 is 1.08 bits per heavy atom. The third-order valence-electron chi connectivity index (χ3n) is 3.59. The molecule has 8 heteroatoms. The van der Waals surface area contributed by atoms with E-state index >= 15 is 0 Å². The molecule has 0 aliphatic carbocycles. The third-order valence-corrected chi connectivity index (χ3v) is 4.41. The first kappa shape index (κ1) is 17.9. The van der Waals surface area contributed by atoms with E-state index in [1.807, 2.05) is 46.0 Å². The summed E-state index contributed by atoms with van der Waals surface area (Å²) in [5, 5.41) is 11.4. The van der Waals surface area contributed by atoms with Gasteiger partial charge in [0.1, 0.15) is 0 Å². The summed E-state index contributed by atoms with van der Waals surface area (Å²) in [5.74, 6) is -0.0647. The molecule has 1 N–H and O–H groups in total. The molecule has 2 heterocycles. The van der Waals surface area contributed by atoms with Crippen LogP contribution in [0.1, 0.15) is 22.3 Å². The number of aromatic nitrogens is 4. The number of carbonyl (C=O) groups excluding carboxylic acids is 1. The molecule has 0 saturated heterocycles. The number of aryl methyl sites for hydroxylation is 1. The number of rotatable bonds is 7. The average molecular weight is 467 g/mol. The van der Waals surface area contributed by atoms with Crippen LogP contribution in [0.4, 0.5) is 0 Å². The molecule has 3 rings (SSSR count). The minimum atomic E-state index is -0.0647. The number of carbonyl (C=O) groups is 1. The molecule has 0 unspecified atom stereocenters. The SMILES string of the molecule is O=C(NCCCn1cc(Br)cn1)c1cccc(Cn2cc(Br)cn2)c1. The van der Waals surface area contributed by atoms with Crippen molar-refractivity contribution in [3.8, 4) is 0 Å². The minimum absolute atomic E-state index is 0.0647. The van der Waals surface area contributed by atoms with E-state index in [4.69, 9.17) is 0 Å². The van der Waals surface area contributed by atoms with Gasteiger partial charge in [0.25, 0.3) is 5.91 Å². The fraction of sp³-hybridized carbons (Fsp3) is 0.235. The Morgan fingerprint density at radius 2 is 1.80 bits per heavy atom. The Kier molecular flexibility index (Phi) is 6.04. The van der Waals surface area contributed by atoms with E-state index in [9.17, 15) is 4.79 Å². The predicted octanol–water partition coefficient (Wildman–Crippen LogP) is 3.47. The van der Waals surface area contributed by atoms with Crippen molar-refractivity contribution < 1.29 is 4.79 Å². The minimum Gasteiger partial charge on any atom is -0.352 e. The second kappa shape index (κ2) is 8.44. The molecule has 1 amide bonds. The molecule has 0 fully saturated rings. The zero-order valence-electron chi connectivity index (χ0n) is 13.4. The molecule has 0 atom stereocenters. The van der Waals surface area contributed by atoms with Gasteiger partial charge in [-0.1, -0.05) is 12.1 Å². The van der Waals surface area contributed by atoms with Crippen molar-refractivity contribution in [3.63, 3.8) is 0 Å². The van der Waals surface area contributed by atoms with Crippen LogP contribution in [0, 0.1) is 0 Å². The zero-order chi connectivity index (χ0) is 17.6. The second-order valence-corrected chi connectivity index (χ2v) is 7.42. The first-order valence-corrected chi connectivity index (χ1v) is 9.42. The lowest BCUT2D eigenvalue weighted by Crippen LogP contribution is -2.25. The van der Waals surface area contributed by atoms with E-state index in [0.29, 0.717) is 18.7 Å². The molecule has 130 valence electrons. The van der Waals surface area contributed by atoms with Crippen LogP contribution >= 0.6 is 31.9 Å². The third kappa shape index (κ3) is 5.27. The molecule has 0 spiro atoms. The van der Waals surface area contributed by atoms with Gasteiger partial charge in [0, 0.05) is 31.0 Å². The molecule has 0 bridgehead atoms. The maximum Gasteiger partial charge on any atom is 0.251 e. The molecule has 2 aromatic heterocycles. The maximum atomic E-state index is 12.3. The highest BCUT2D eigenvalue weighted by atomic mass is 79.9. The topological polar surface area (TPSA) is 64.7 Å². The molecular weight excluding hydrogens is 450 g/mol. The van der Waals surface area contributed by atoms with Crippen LogP contribution in [-0.2, 0) is 13.1 Å². The van der Waals surface area contributed by atoms with Crippen molar-refractivity contribution >= 4 is 37.8 Å².